The van der Waals surface area contributed by atoms with Crippen molar-refractivity contribution in [3.63, 3.8) is 0 Å². The van der Waals surface area contributed by atoms with Gasteiger partial charge in [-0.15, -0.1) is 0 Å². The third-order valence-corrected chi connectivity index (χ3v) is 4.31. The number of rotatable bonds is 3. The highest BCUT2D eigenvalue weighted by Crippen LogP contribution is 2.27. The van der Waals surface area contributed by atoms with E-state index in [0.717, 1.165) is 15.7 Å². The van der Waals surface area contributed by atoms with Crippen molar-refractivity contribution in [1.82, 2.24) is 5.43 Å². The van der Waals surface area contributed by atoms with Crippen LogP contribution in [0, 0.1) is 0 Å². The molecule has 1 saturated heterocycles. The maximum atomic E-state index is 12.5. The van der Waals surface area contributed by atoms with E-state index in [2.05, 4.69) is 21.4 Å². The number of carbonyl (C=O) groups is 2. The predicted molar refractivity (Wildman–Crippen MR) is 98.5 cm³/mol. The summed E-state index contributed by atoms with van der Waals surface area (Å²) >= 11 is 3.51. The molecule has 0 spiro atoms. The third kappa shape index (κ3) is 3.05. The Morgan fingerprint density at radius 3 is 2.42 bits per heavy atom. The second kappa shape index (κ2) is 6.49. The molecule has 1 N–H and O–H groups in total. The summed E-state index contributed by atoms with van der Waals surface area (Å²) in [6.45, 7) is 0. The minimum Gasteiger partial charge on any atom is -0.377 e. The van der Waals surface area contributed by atoms with Crippen LogP contribution in [-0.4, -0.2) is 25.9 Å². The van der Waals surface area contributed by atoms with Gasteiger partial charge in [0.05, 0.1) is 11.4 Å². The zero-order chi connectivity index (χ0) is 17.3. The standard InChI is InChI=1S/C18H16BrN3O2/c1-21(2)16-9-8-12(11-15(16)19)10-14-17(23)20-22(18(14)24)13-6-4-3-5-7-13/h3-11H,1-2H3,(H,20,23)/b14-10-. The minimum atomic E-state index is -0.406. The summed E-state index contributed by atoms with van der Waals surface area (Å²) < 4.78 is 0.896. The molecule has 2 aromatic carbocycles. The first-order valence-electron chi connectivity index (χ1n) is 7.36. The van der Waals surface area contributed by atoms with Gasteiger partial charge in [0.15, 0.2) is 0 Å². The van der Waals surface area contributed by atoms with Crippen LogP contribution in [0.15, 0.2) is 58.6 Å². The predicted octanol–water partition coefficient (Wildman–Crippen LogP) is 2.98. The van der Waals surface area contributed by atoms with Gasteiger partial charge >= 0.3 is 0 Å². The molecule has 1 heterocycles. The van der Waals surface area contributed by atoms with E-state index < -0.39 is 5.91 Å². The Morgan fingerprint density at radius 1 is 1.08 bits per heavy atom. The number of carbonyl (C=O) groups excluding carboxylic acids is 2. The lowest BCUT2D eigenvalue weighted by Crippen LogP contribution is -2.35. The highest BCUT2D eigenvalue weighted by molar-refractivity contribution is 9.10. The van der Waals surface area contributed by atoms with E-state index in [0.29, 0.717) is 5.69 Å². The summed E-state index contributed by atoms with van der Waals surface area (Å²) in [4.78, 5) is 26.7. The van der Waals surface area contributed by atoms with Crippen molar-refractivity contribution in [2.45, 2.75) is 0 Å². The zero-order valence-electron chi connectivity index (χ0n) is 13.3. The molecule has 1 fully saturated rings. The molecule has 24 heavy (non-hydrogen) atoms. The van der Waals surface area contributed by atoms with Crippen molar-refractivity contribution in [2.24, 2.45) is 0 Å². The fraction of sp³-hybridized carbons (Fsp3) is 0.111. The Morgan fingerprint density at radius 2 is 1.79 bits per heavy atom. The Kier molecular flexibility index (Phi) is 4.40. The summed E-state index contributed by atoms with van der Waals surface area (Å²) in [5.41, 5.74) is 5.13. The Bertz CT molecular complexity index is 831. The molecule has 0 atom stereocenters. The summed E-state index contributed by atoms with van der Waals surface area (Å²) in [6, 6.07) is 14.7. The van der Waals surface area contributed by atoms with Crippen molar-refractivity contribution in [2.75, 3.05) is 24.0 Å². The van der Waals surface area contributed by atoms with Crippen LogP contribution in [0.3, 0.4) is 0 Å². The second-order valence-electron chi connectivity index (χ2n) is 5.58. The van der Waals surface area contributed by atoms with E-state index in [9.17, 15) is 9.59 Å². The van der Waals surface area contributed by atoms with Crippen molar-refractivity contribution >= 4 is 45.2 Å². The van der Waals surface area contributed by atoms with Gasteiger partial charge in [0.1, 0.15) is 5.57 Å². The van der Waals surface area contributed by atoms with Gasteiger partial charge < -0.3 is 4.90 Å². The number of benzene rings is 2. The molecule has 0 bridgehead atoms. The highest BCUT2D eigenvalue weighted by atomic mass is 79.9. The molecule has 0 aliphatic carbocycles. The summed E-state index contributed by atoms with van der Waals surface area (Å²) in [5.74, 6) is -0.768. The van der Waals surface area contributed by atoms with Gasteiger partial charge in [0.25, 0.3) is 11.8 Å². The van der Waals surface area contributed by atoms with Crippen LogP contribution < -0.4 is 15.3 Å². The van der Waals surface area contributed by atoms with Crippen molar-refractivity contribution in [1.29, 1.82) is 0 Å². The topological polar surface area (TPSA) is 52.7 Å². The Labute approximate surface area is 148 Å². The lowest BCUT2D eigenvalue weighted by atomic mass is 10.1. The van der Waals surface area contributed by atoms with E-state index in [1.807, 2.05) is 55.4 Å². The number of hydrogen-bond donors (Lipinski definition) is 1. The summed E-state index contributed by atoms with van der Waals surface area (Å²) in [6.07, 6.45) is 1.60. The fourth-order valence-electron chi connectivity index (χ4n) is 2.46. The largest absolute Gasteiger partial charge is 0.377 e. The molecule has 1 aliphatic rings. The van der Waals surface area contributed by atoms with Gasteiger partial charge in [0.2, 0.25) is 0 Å². The average Bonchev–Trinajstić information content (AvgIpc) is 2.83. The molecular formula is C18H16BrN3O2. The number of para-hydroxylation sites is 1. The lowest BCUT2D eigenvalue weighted by Gasteiger charge is -2.15. The van der Waals surface area contributed by atoms with Gasteiger partial charge in [-0.3, -0.25) is 15.0 Å². The van der Waals surface area contributed by atoms with Gasteiger partial charge in [0, 0.05) is 18.6 Å². The number of hydrogen-bond acceptors (Lipinski definition) is 3. The molecule has 2 amide bonds. The minimum absolute atomic E-state index is 0.114. The van der Waals surface area contributed by atoms with Crippen LogP contribution in [0.25, 0.3) is 6.08 Å². The zero-order valence-corrected chi connectivity index (χ0v) is 14.9. The van der Waals surface area contributed by atoms with E-state index in [-0.39, 0.29) is 11.5 Å². The van der Waals surface area contributed by atoms with E-state index >= 15 is 0 Å². The van der Waals surface area contributed by atoms with Crippen molar-refractivity contribution in [3.05, 3.63) is 64.1 Å². The van der Waals surface area contributed by atoms with Gasteiger partial charge in [-0.05, 0) is 51.8 Å². The summed E-state index contributed by atoms with van der Waals surface area (Å²) in [7, 11) is 3.90. The van der Waals surface area contributed by atoms with Crippen LogP contribution in [-0.2, 0) is 9.59 Å². The van der Waals surface area contributed by atoms with Crippen LogP contribution in [0.2, 0.25) is 0 Å². The number of nitrogens with zero attached hydrogens (tertiary/aromatic N) is 2. The maximum Gasteiger partial charge on any atom is 0.282 e. The first-order chi connectivity index (χ1) is 11.5. The highest BCUT2D eigenvalue weighted by Gasteiger charge is 2.34. The van der Waals surface area contributed by atoms with Gasteiger partial charge in [-0.2, -0.15) is 0 Å². The monoisotopic (exact) mass is 385 g/mol. The number of anilines is 2. The molecule has 1 aliphatic heterocycles. The lowest BCUT2D eigenvalue weighted by molar-refractivity contribution is -0.117. The van der Waals surface area contributed by atoms with Crippen LogP contribution >= 0.6 is 15.9 Å². The van der Waals surface area contributed by atoms with E-state index in [1.165, 1.54) is 5.01 Å². The molecule has 0 unspecified atom stereocenters. The second-order valence-corrected chi connectivity index (χ2v) is 6.43. The Balaban J connectivity index is 1.92. The van der Waals surface area contributed by atoms with Gasteiger partial charge in [-0.1, -0.05) is 24.3 Å². The smallest absolute Gasteiger partial charge is 0.282 e. The van der Waals surface area contributed by atoms with Crippen LogP contribution in [0.4, 0.5) is 11.4 Å². The quantitative estimate of drug-likeness (QED) is 0.652. The Hall–Kier alpha value is -2.60. The normalized spacial score (nSPS) is 15.8. The molecule has 0 radical (unpaired) electrons. The van der Waals surface area contributed by atoms with Crippen molar-refractivity contribution < 1.29 is 9.59 Å². The SMILES string of the molecule is CN(C)c1ccc(/C=C2/C(=O)NN(c3ccccc3)C2=O)cc1Br. The molecular weight excluding hydrogens is 370 g/mol. The first kappa shape index (κ1) is 16.3. The first-order valence-corrected chi connectivity index (χ1v) is 8.16. The van der Waals surface area contributed by atoms with Crippen LogP contribution in [0.1, 0.15) is 5.56 Å². The molecule has 0 aromatic heterocycles. The van der Waals surface area contributed by atoms with E-state index in [4.69, 9.17) is 0 Å². The molecule has 5 nitrogen and oxygen atoms in total. The molecule has 2 aromatic rings. The fourth-order valence-corrected chi connectivity index (χ4v) is 3.21. The van der Waals surface area contributed by atoms with Crippen LogP contribution in [0.5, 0.6) is 0 Å². The molecule has 6 heteroatoms. The third-order valence-electron chi connectivity index (χ3n) is 3.67. The molecule has 0 saturated carbocycles. The average molecular weight is 386 g/mol. The number of hydrazine groups is 1. The molecule has 122 valence electrons. The number of amides is 2. The van der Waals surface area contributed by atoms with Crippen molar-refractivity contribution in [3.8, 4) is 0 Å². The number of nitrogens with one attached hydrogen (secondary N) is 1. The molecule has 3 rings (SSSR count). The maximum absolute atomic E-state index is 12.5. The summed E-state index contributed by atoms with van der Waals surface area (Å²) in [5, 5.41) is 1.26. The van der Waals surface area contributed by atoms with Gasteiger partial charge in [-0.25, -0.2) is 5.01 Å². The number of halogens is 1. The van der Waals surface area contributed by atoms with E-state index in [1.54, 1.807) is 18.2 Å².